The first-order valence-corrected chi connectivity index (χ1v) is 7.41. The second-order valence-corrected chi connectivity index (χ2v) is 5.21. The average Bonchev–Trinajstić information content (AvgIpc) is 2.98. The van der Waals surface area contributed by atoms with E-state index in [1.165, 1.54) is 0 Å². The van der Waals surface area contributed by atoms with E-state index >= 15 is 0 Å². The van der Waals surface area contributed by atoms with Crippen molar-refractivity contribution < 1.29 is 4.74 Å². The maximum Gasteiger partial charge on any atom is 0.245 e. The van der Waals surface area contributed by atoms with E-state index in [1.807, 2.05) is 31.2 Å². The summed E-state index contributed by atoms with van der Waals surface area (Å²) in [6, 6.07) is 8.34. The Labute approximate surface area is 124 Å². The van der Waals surface area contributed by atoms with Gasteiger partial charge in [-0.15, -0.1) is 5.10 Å². The minimum absolute atomic E-state index is 0.455. The number of aromatic amines is 1. The van der Waals surface area contributed by atoms with Crippen molar-refractivity contribution in [2.45, 2.75) is 19.9 Å². The van der Waals surface area contributed by atoms with Gasteiger partial charge in [-0.1, -0.05) is 12.1 Å². The fraction of sp³-hybridized carbons (Fsp3) is 0.467. The number of aromatic nitrogens is 3. The van der Waals surface area contributed by atoms with Gasteiger partial charge >= 0.3 is 0 Å². The highest BCUT2D eigenvalue weighted by Gasteiger charge is 2.20. The fourth-order valence-electron chi connectivity index (χ4n) is 2.57. The normalized spacial score (nSPS) is 18.8. The first-order chi connectivity index (χ1) is 10.3. The van der Waals surface area contributed by atoms with Gasteiger partial charge < -0.3 is 15.0 Å². The summed E-state index contributed by atoms with van der Waals surface area (Å²) in [5, 5.41) is 10.8. The number of para-hydroxylation sites is 1. The van der Waals surface area contributed by atoms with E-state index in [4.69, 9.17) is 4.74 Å². The molecule has 0 radical (unpaired) electrons. The summed E-state index contributed by atoms with van der Waals surface area (Å²) in [5.74, 6) is 2.33. The molecule has 6 nitrogen and oxygen atoms in total. The number of anilines is 1. The molecule has 1 aliphatic rings. The molecule has 1 aromatic heterocycles. The van der Waals surface area contributed by atoms with Crippen LogP contribution in [0.25, 0.3) is 11.4 Å². The number of H-pyrrole nitrogens is 1. The SMILES string of the molecule is CCOc1ccccc1-c1nc(N2CCN[C@H](C)C2)n[nH]1. The third kappa shape index (κ3) is 3.00. The Bertz CT molecular complexity index is 597. The molecule has 0 aliphatic carbocycles. The van der Waals surface area contributed by atoms with E-state index in [-0.39, 0.29) is 0 Å². The molecule has 21 heavy (non-hydrogen) atoms. The zero-order chi connectivity index (χ0) is 14.7. The first-order valence-electron chi connectivity index (χ1n) is 7.41. The van der Waals surface area contributed by atoms with Crippen molar-refractivity contribution in [2.24, 2.45) is 0 Å². The van der Waals surface area contributed by atoms with E-state index in [0.717, 1.165) is 42.7 Å². The van der Waals surface area contributed by atoms with E-state index in [2.05, 4.69) is 32.3 Å². The Kier molecular flexibility index (Phi) is 4.06. The largest absolute Gasteiger partial charge is 0.493 e. The Morgan fingerprint density at radius 3 is 3.05 bits per heavy atom. The molecule has 1 atom stereocenters. The second kappa shape index (κ2) is 6.13. The lowest BCUT2D eigenvalue weighted by Crippen LogP contribution is -2.49. The van der Waals surface area contributed by atoms with Gasteiger partial charge in [0.15, 0.2) is 5.82 Å². The minimum atomic E-state index is 0.455. The van der Waals surface area contributed by atoms with Gasteiger partial charge in [-0.2, -0.15) is 4.98 Å². The molecule has 1 aliphatic heterocycles. The van der Waals surface area contributed by atoms with Crippen molar-refractivity contribution in [3.05, 3.63) is 24.3 Å². The number of nitrogens with one attached hydrogen (secondary N) is 2. The Morgan fingerprint density at radius 1 is 1.38 bits per heavy atom. The summed E-state index contributed by atoms with van der Waals surface area (Å²) in [5.41, 5.74) is 0.946. The van der Waals surface area contributed by atoms with Gasteiger partial charge in [-0.05, 0) is 26.0 Å². The Hall–Kier alpha value is -2.08. The van der Waals surface area contributed by atoms with Crippen LogP contribution in [0.5, 0.6) is 5.75 Å². The molecule has 0 saturated carbocycles. The van der Waals surface area contributed by atoms with Crippen LogP contribution >= 0.6 is 0 Å². The molecular formula is C15H21N5O. The van der Waals surface area contributed by atoms with Crippen LogP contribution in [0.4, 0.5) is 5.95 Å². The van der Waals surface area contributed by atoms with Crippen molar-refractivity contribution in [2.75, 3.05) is 31.1 Å². The number of rotatable bonds is 4. The highest BCUT2D eigenvalue weighted by Crippen LogP contribution is 2.28. The number of benzene rings is 1. The van der Waals surface area contributed by atoms with Crippen LogP contribution < -0.4 is 15.0 Å². The molecule has 0 amide bonds. The van der Waals surface area contributed by atoms with E-state index in [9.17, 15) is 0 Å². The van der Waals surface area contributed by atoms with E-state index in [1.54, 1.807) is 0 Å². The van der Waals surface area contributed by atoms with Crippen LogP contribution in [-0.2, 0) is 0 Å². The predicted octanol–water partition coefficient (Wildman–Crippen LogP) is 1.67. The maximum absolute atomic E-state index is 5.65. The van der Waals surface area contributed by atoms with Gasteiger partial charge in [-0.3, -0.25) is 5.10 Å². The molecule has 3 rings (SSSR count). The molecule has 1 saturated heterocycles. The van der Waals surface area contributed by atoms with Gasteiger partial charge in [0.1, 0.15) is 5.75 Å². The van der Waals surface area contributed by atoms with Gasteiger partial charge in [0, 0.05) is 25.7 Å². The maximum atomic E-state index is 5.65. The van der Waals surface area contributed by atoms with Crippen LogP contribution in [-0.4, -0.2) is 47.5 Å². The molecule has 2 aromatic rings. The summed E-state index contributed by atoms with van der Waals surface area (Å²) < 4.78 is 5.65. The van der Waals surface area contributed by atoms with Crippen LogP contribution in [0.3, 0.4) is 0 Å². The van der Waals surface area contributed by atoms with Gasteiger partial charge in [-0.25, -0.2) is 0 Å². The highest BCUT2D eigenvalue weighted by atomic mass is 16.5. The lowest BCUT2D eigenvalue weighted by atomic mass is 10.2. The lowest BCUT2D eigenvalue weighted by Gasteiger charge is -2.30. The number of ether oxygens (including phenoxy) is 1. The van der Waals surface area contributed by atoms with E-state index in [0.29, 0.717) is 12.6 Å². The first kappa shape index (κ1) is 13.9. The van der Waals surface area contributed by atoms with Crippen molar-refractivity contribution >= 4 is 5.95 Å². The van der Waals surface area contributed by atoms with Crippen LogP contribution in [0.1, 0.15) is 13.8 Å². The average molecular weight is 287 g/mol. The van der Waals surface area contributed by atoms with Gasteiger partial charge in [0.05, 0.1) is 12.2 Å². The van der Waals surface area contributed by atoms with E-state index < -0.39 is 0 Å². The highest BCUT2D eigenvalue weighted by molar-refractivity contribution is 5.64. The summed E-state index contributed by atoms with van der Waals surface area (Å²) >= 11 is 0. The second-order valence-electron chi connectivity index (χ2n) is 5.21. The number of hydrogen-bond acceptors (Lipinski definition) is 5. The monoisotopic (exact) mass is 287 g/mol. The fourth-order valence-corrected chi connectivity index (χ4v) is 2.57. The Morgan fingerprint density at radius 2 is 2.24 bits per heavy atom. The molecule has 0 spiro atoms. The predicted molar refractivity (Wildman–Crippen MR) is 82.7 cm³/mol. The molecular weight excluding hydrogens is 266 g/mol. The molecule has 2 heterocycles. The quantitative estimate of drug-likeness (QED) is 0.895. The standard InChI is InChI=1S/C15H21N5O/c1-3-21-13-7-5-4-6-12(13)14-17-15(19-18-14)20-9-8-16-11(2)10-20/h4-7,11,16H,3,8-10H2,1-2H3,(H,17,18,19)/t11-/m1/s1. The molecule has 1 fully saturated rings. The molecule has 112 valence electrons. The minimum Gasteiger partial charge on any atom is -0.493 e. The van der Waals surface area contributed by atoms with Crippen LogP contribution in [0, 0.1) is 0 Å². The molecule has 1 aromatic carbocycles. The van der Waals surface area contributed by atoms with Crippen LogP contribution in [0.2, 0.25) is 0 Å². The summed E-state index contributed by atoms with van der Waals surface area (Å²) in [6.07, 6.45) is 0. The molecule has 0 bridgehead atoms. The summed E-state index contributed by atoms with van der Waals surface area (Å²) in [4.78, 5) is 6.83. The molecule has 0 unspecified atom stereocenters. The smallest absolute Gasteiger partial charge is 0.245 e. The molecule has 6 heteroatoms. The Balaban J connectivity index is 1.84. The van der Waals surface area contributed by atoms with Crippen molar-refractivity contribution in [1.82, 2.24) is 20.5 Å². The summed E-state index contributed by atoms with van der Waals surface area (Å²) in [7, 11) is 0. The number of nitrogens with zero attached hydrogens (tertiary/aromatic N) is 3. The summed E-state index contributed by atoms with van der Waals surface area (Å²) in [6.45, 7) is 7.59. The van der Waals surface area contributed by atoms with Gasteiger partial charge in [0.2, 0.25) is 5.95 Å². The van der Waals surface area contributed by atoms with Crippen LogP contribution in [0.15, 0.2) is 24.3 Å². The number of piperazine rings is 1. The topological polar surface area (TPSA) is 66.1 Å². The van der Waals surface area contributed by atoms with Crippen molar-refractivity contribution in [1.29, 1.82) is 0 Å². The van der Waals surface area contributed by atoms with Gasteiger partial charge in [0.25, 0.3) is 0 Å². The zero-order valence-corrected chi connectivity index (χ0v) is 12.5. The number of hydrogen-bond donors (Lipinski definition) is 2. The van der Waals surface area contributed by atoms with Crippen molar-refractivity contribution in [3.63, 3.8) is 0 Å². The molecule has 2 N–H and O–H groups in total. The lowest BCUT2D eigenvalue weighted by molar-refractivity contribution is 0.341. The zero-order valence-electron chi connectivity index (χ0n) is 12.5. The van der Waals surface area contributed by atoms with Crippen molar-refractivity contribution in [3.8, 4) is 17.1 Å². The third-order valence-electron chi connectivity index (χ3n) is 3.57. The third-order valence-corrected chi connectivity index (χ3v) is 3.57.